The van der Waals surface area contributed by atoms with E-state index in [9.17, 15) is 4.79 Å². The smallest absolute Gasteiger partial charge is 0.227 e. The SMILES string of the molecule is Cc1ccc(CC(=O)N2Cc3ccccc3NCc3ccccc3OC[C@@H]2Cc2ccccc2)cc1. The number of fused-ring (bicyclic) bond motifs is 2. The number of para-hydroxylation sites is 2. The summed E-state index contributed by atoms with van der Waals surface area (Å²) in [7, 11) is 0. The van der Waals surface area contributed by atoms with E-state index in [1.165, 1.54) is 11.1 Å². The molecule has 0 saturated carbocycles. The number of amides is 1. The van der Waals surface area contributed by atoms with E-state index in [4.69, 9.17) is 4.74 Å². The Kier molecular flexibility index (Phi) is 7.32. The minimum atomic E-state index is -0.121. The second kappa shape index (κ2) is 11.1. The van der Waals surface area contributed by atoms with E-state index in [1.807, 2.05) is 53.4 Å². The van der Waals surface area contributed by atoms with E-state index in [0.717, 1.165) is 34.5 Å². The van der Waals surface area contributed by atoms with E-state index in [2.05, 4.69) is 66.8 Å². The summed E-state index contributed by atoms with van der Waals surface area (Å²) in [6.45, 7) is 3.67. The normalized spacial score (nSPS) is 15.5. The summed E-state index contributed by atoms with van der Waals surface area (Å²) in [6, 6.07) is 34.9. The van der Waals surface area contributed by atoms with Crippen LogP contribution in [0.2, 0.25) is 0 Å². The number of hydrogen-bond donors (Lipinski definition) is 1. The summed E-state index contributed by atoms with van der Waals surface area (Å²) in [5, 5.41) is 3.58. The fourth-order valence-electron chi connectivity index (χ4n) is 4.73. The Balaban J connectivity index is 1.53. The molecule has 0 aliphatic carbocycles. The van der Waals surface area contributed by atoms with Crippen molar-refractivity contribution >= 4 is 11.6 Å². The molecule has 4 nitrogen and oxygen atoms in total. The molecular formula is C32H32N2O2. The highest BCUT2D eigenvalue weighted by Crippen LogP contribution is 2.26. The zero-order chi connectivity index (χ0) is 24.7. The first-order valence-corrected chi connectivity index (χ1v) is 12.6. The number of nitrogens with zero attached hydrogens (tertiary/aromatic N) is 1. The van der Waals surface area contributed by atoms with Gasteiger partial charge in [-0.2, -0.15) is 0 Å². The molecule has 0 spiro atoms. The lowest BCUT2D eigenvalue weighted by Gasteiger charge is -2.33. The van der Waals surface area contributed by atoms with E-state index in [1.54, 1.807) is 0 Å². The quantitative estimate of drug-likeness (QED) is 0.382. The number of carbonyl (C=O) groups is 1. The summed E-state index contributed by atoms with van der Waals surface area (Å²) >= 11 is 0. The van der Waals surface area contributed by atoms with Crippen molar-refractivity contribution in [2.45, 2.75) is 38.9 Å². The Morgan fingerprint density at radius 3 is 2.33 bits per heavy atom. The molecule has 0 fully saturated rings. The van der Waals surface area contributed by atoms with Gasteiger partial charge in [0.05, 0.1) is 12.5 Å². The van der Waals surface area contributed by atoms with Gasteiger partial charge >= 0.3 is 0 Å². The highest BCUT2D eigenvalue weighted by molar-refractivity contribution is 5.79. The molecule has 1 aliphatic heterocycles. The molecular weight excluding hydrogens is 444 g/mol. The van der Waals surface area contributed by atoms with Crippen molar-refractivity contribution in [3.05, 3.63) is 131 Å². The van der Waals surface area contributed by atoms with E-state index in [-0.39, 0.29) is 11.9 Å². The molecule has 1 atom stereocenters. The molecule has 0 radical (unpaired) electrons. The van der Waals surface area contributed by atoms with Crippen LogP contribution < -0.4 is 10.1 Å². The molecule has 0 saturated heterocycles. The standard InChI is InChI=1S/C32H32N2O2/c1-24-15-17-26(18-16-24)20-32(35)34-22-28-12-5-7-13-30(28)33-21-27-11-6-8-14-31(27)36-23-29(34)19-25-9-3-2-4-10-25/h2-18,29,33H,19-23H2,1H3/t29-/m0/s1. The van der Waals surface area contributed by atoms with Crippen molar-refractivity contribution in [3.63, 3.8) is 0 Å². The Morgan fingerprint density at radius 2 is 1.53 bits per heavy atom. The zero-order valence-electron chi connectivity index (χ0n) is 20.7. The number of carbonyl (C=O) groups excluding carboxylic acids is 1. The predicted octanol–water partition coefficient (Wildman–Crippen LogP) is 6.18. The molecule has 1 heterocycles. The van der Waals surface area contributed by atoms with Crippen LogP contribution in [0.1, 0.15) is 27.8 Å². The molecule has 0 unspecified atom stereocenters. The summed E-state index contributed by atoms with van der Waals surface area (Å²) in [6.07, 6.45) is 1.08. The second-order valence-electron chi connectivity index (χ2n) is 9.46. The minimum Gasteiger partial charge on any atom is -0.491 e. The van der Waals surface area contributed by atoms with Crippen LogP contribution >= 0.6 is 0 Å². The van der Waals surface area contributed by atoms with Crippen molar-refractivity contribution in [1.82, 2.24) is 4.90 Å². The summed E-state index contributed by atoms with van der Waals surface area (Å²) in [5.74, 6) is 0.957. The Bertz CT molecular complexity index is 1300. The fraction of sp³-hybridized carbons (Fsp3) is 0.219. The van der Waals surface area contributed by atoms with Crippen LogP contribution in [-0.2, 0) is 30.7 Å². The van der Waals surface area contributed by atoms with Crippen molar-refractivity contribution in [1.29, 1.82) is 0 Å². The van der Waals surface area contributed by atoms with Gasteiger partial charge in [0.15, 0.2) is 0 Å². The van der Waals surface area contributed by atoms with Crippen LogP contribution in [-0.4, -0.2) is 23.5 Å². The molecule has 4 aromatic rings. The van der Waals surface area contributed by atoms with Gasteiger partial charge < -0.3 is 15.0 Å². The number of hydrogen-bond acceptors (Lipinski definition) is 3. The summed E-state index contributed by atoms with van der Waals surface area (Å²) in [4.78, 5) is 15.9. The van der Waals surface area contributed by atoms with Gasteiger partial charge in [-0.25, -0.2) is 0 Å². The van der Waals surface area contributed by atoms with Gasteiger partial charge in [-0.15, -0.1) is 0 Å². The number of rotatable bonds is 4. The second-order valence-corrected chi connectivity index (χ2v) is 9.46. The number of benzene rings is 4. The molecule has 1 amide bonds. The summed E-state index contributed by atoms with van der Waals surface area (Å²) < 4.78 is 6.42. The molecule has 4 aromatic carbocycles. The number of aryl methyl sites for hydroxylation is 1. The molecule has 0 bridgehead atoms. The molecule has 1 N–H and O–H groups in total. The van der Waals surface area contributed by atoms with Crippen molar-refractivity contribution < 1.29 is 9.53 Å². The van der Waals surface area contributed by atoms with E-state index >= 15 is 0 Å². The lowest BCUT2D eigenvalue weighted by Crippen LogP contribution is -2.45. The van der Waals surface area contributed by atoms with Crippen molar-refractivity contribution in [3.8, 4) is 5.75 Å². The molecule has 0 aromatic heterocycles. The topological polar surface area (TPSA) is 41.6 Å². The molecule has 4 heteroatoms. The molecule has 1 aliphatic rings. The predicted molar refractivity (Wildman–Crippen MR) is 145 cm³/mol. The third kappa shape index (κ3) is 5.77. The fourth-order valence-corrected chi connectivity index (χ4v) is 4.73. The van der Waals surface area contributed by atoms with E-state index in [0.29, 0.717) is 26.1 Å². The lowest BCUT2D eigenvalue weighted by atomic mass is 10.0. The first-order chi connectivity index (χ1) is 17.7. The number of ether oxygens (including phenoxy) is 1. The van der Waals surface area contributed by atoms with Gasteiger partial charge in [0.1, 0.15) is 12.4 Å². The highest BCUT2D eigenvalue weighted by Gasteiger charge is 2.27. The maximum Gasteiger partial charge on any atom is 0.227 e. The highest BCUT2D eigenvalue weighted by atomic mass is 16.5. The lowest BCUT2D eigenvalue weighted by molar-refractivity contribution is -0.134. The van der Waals surface area contributed by atoms with Gasteiger partial charge in [-0.05, 0) is 42.2 Å². The van der Waals surface area contributed by atoms with Crippen LogP contribution in [0, 0.1) is 6.92 Å². The monoisotopic (exact) mass is 476 g/mol. The maximum atomic E-state index is 13.9. The van der Waals surface area contributed by atoms with Crippen LogP contribution in [0.4, 0.5) is 5.69 Å². The Morgan fingerprint density at radius 1 is 0.833 bits per heavy atom. The molecule has 5 rings (SSSR count). The van der Waals surface area contributed by atoms with Crippen molar-refractivity contribution in [2.24, 2.45) is 0 Å². The Hall–Kier alpha value is -4.05. The van der Waals surface area contributed by atoms with Gasteiger partial charge in [-0.3, -0.25) is 4.79 Å². The Labute approximate surface area is 213 Å². The third-order valence-corrected chi connectivity index (χ3v) is 6.78. The van der Waals surface area contributed by atoms with Gasteiger partial charge in [0, 0.05) is 24.3 Å². The van der Waals surface area contributed by atoms with Gasteiger partial charge in [0.2, 0.25) is 5.91 Å². The van der Waals surface area contributed by atoms with Crippen LogP contribution in [0.5, 0.6) is 5.75 Å². The average Bonchev–Trinajstić information content (AvgIpc) is 2.94. The summed E-state index contributed by atoms with van der Waals surface area (Å²) in [5.41, 5.74) is 6.65. The van der Waals surface area contributed by atoms with Gasteiger partial charge in [-0.1, -0.05) is 96.6 Å². The van der Waals surface area contributed by atoms with Crippen molar-refractivity contribution in [2.75, 3.05) is 11.9 Å². The van der Waals surface area contributed by atoms with E-state index < -0.39 is 0 Å². The van der Waals surface area contributed by atoms with Crippen LogP contribution in [0.3, 0.4) is 0 Å². The average molecular weight is 477 g/mol. The van der Waals surface area contributed by atoms with Gasteiger partial charge in [0.25, 0.3) is 0 Å². The maximum absolute atomic E-state index is 13.9. The number of anilines is 1. The zero-order valence-corrected chi connectivity index (χ0v) is 20.7. The first-order valence-electron chi connectivity index (χ1n) is 12.6. The third-order valence-electron chi connectivity index (χ3n) is 6.78. The van der Waals surface area contributed by atoms with Crippen LogP contribution in [0.15, 0.2) is 103 Å². The minimum absolute atomic E-state index is 0.103. The largest absolute Gasteiger partial charge is 0.491 e. The number of nitrogens with one attached hydrogen (secondary N) is 1. The molecule has 36 heavy (non-hydrogen) atoms. The van der Waals surface area contributed by atoms with Crippen LogP contribution in [0.25, 0.3) is 0 Å². The molecule has 182 valence electrons. The first kappa shape index (κ1) is 23.7.